The van der Waals surface area contributed by atoms with Crippen LogP contribution in [0.25, 0.3) is 0 Å². The molecule has 25 heavy (non-hydrogen) atoms. The van der Waals surface area contributed by atoms with Crippen molar-refractivity contribution in [1.29, 1.82) is 0 Å². The molecule has 2 atom stereocenters. The van der Waals surface area contributed by atoms with Crippen LogP contribution in [0, 0.1) is 11.7 Å². The van der Waals surface area contributed by atoms with E-state index in [9.17, 15) is 9.18 Å². The Morgan fingerprint density at radius 1 is 1.24 bits per heavy atom. The molecule has 4 nitrogen and oxygen atoms in total. The van der Waals surface area contributed by atoms with Gasteiger partial charge < -0.3 is 14.8 Å². The van der Waals surface area contributed by atoms with Gasteiger partial charge in [-0.2, -0.15) is 0 Å². The Labute approximate surface area is 155 Å². The summed E-state index contributed by atoms with van der Waals surface area (Å²) in [6.45, 7) is 2.30. The fraction of sp³-hybridized carbons (Fsp3) is 0.333. The number of fused-ring (bicyclic) bond motifs is 4. The van der Waals surface area contributed by atoms with E-state index in [1.807, 2.05) is 16.7 Å². The molecule has 0 saturated carbocycles. The first-order valence-electron chi connectivity index (χ1n) is 8.22. The summed E-state index contributed by atoms with van der Waals surface area (Å²) in [5.41, 5.74) is 1.83. The van der Waals surface area contributed by atoms with Crippen LogP contribution in [0.2, 0.25) is 5.02 Å². The number of benzene rings is 1. The third-order valence-electron chi connectivity index (χ3n) is 4.94. The van der Waals surface area contributed by atoms with E-state index >= 15 is 0 Å². The molecule has 1 aromatic carbocycles. The number of halogens is 2. The Morgan fingerprint density at radius 3 is 2.88 bits per heavy atom. The highest BCUT2D eigenvalue weighted by Crippen LogP contribution is 2.35. The molecule has 130 valence electrons. The molecule has 2 aliphatic rings. The molecule has 2 bridgehead atoms. The molecule has 2 aliphatic heterocycles. The van der Waals surface area contributed by atoms with Gasteiger partial charge in [0.2, 0.25) is 0 Å². The zero-order valence-electron chi connectivity index (χ0n) is 13.4. The van der Waals surface area contributed by atoms with Gasteiger partial charge in [-0.05, 0) is 48.8 Å². The van der Waals surface area contributed by atoms with E-state index in [1.54, 1.807) is 12.1 Å². The van der Waals surface area contributed by atoms with Crippen LogP contribution < -0.4 is 10.9 Å². The first-order chi connectivity index (χ1) is 12.0. The highest BCUT2D eigenvalue weighted by atomic mass is 35.5. The fourth-order valence-corrected chi connectivity index (χ4v) is 4.29. The van der Waals surface area contributed by atoms with Crippen molar-refractivity contribution < 1.29 is 4.39 Å². The average molecular weight is 378 g/mol. The van der Waals surface area contributed by atoms with Gasteiger partial charge in [-0.1, -0.05) is 17.7 Å². The highest BCUT2D eigenvalue weighted by molar-refractivity contribution is 7.80. The van der Waals surface area contributed by atoms with Crippen LogP contribution in [0.3, 0.4) is 0 Å². The summed E-state index contributed by atoms with van der Waals surface area (Å²) in [6.07, 6.45) is 1.07. The lowest BCUT2D eigenvalue weighted by molar-refractivity contribution is 0.180. The molecule has 1 fully saturated rings. The van der Waals surface area contributed by atoms with Crippen molar-refractivity contribution in [3.63, 3.8) is 0 Å². The predicted molar refractivity (Wildman–Crippen MR) is 101 cm³/mol. The molecule has 1 aromatic heterocycles. The summed E-state index contributed by atoms with van der Waals surface area (Å²) >= 11 is 11.4. The topological polar surface area (TPSA) is 37.3 Å². The zero-order chi connectivity index (χ0) is 17.6. The second-order valence-electron chi connectivity index (χ2n) is 6.66. The summed E-state index contributed by atoms with van der Waals surface area (Å²) in [6, 6.07) is 9.94. The second-order valence-corrected chi connectivity index (χ2v) is 7.46. The molecule has 3 heterocycles. The average Bonchev–Trinajstić information content (AvgIpc) is 2.59. The van der Waals surface area contributed by atoms with Crippen LogP contribution in [0.1, 0.15) is 18.0 Å². The van der Waals surface area contributed by atoms with E-state index < -0.39 is 5.82 Å². The SMILES string of the molecule is O=c1cccc2n1C[C@@H]1C[C@H]2CN(C(=S)Nc2ccc(F)c(Cl)c2)C1. The minimum atomic E-state index is -0.451. The third kappa shape index (κ3) is 3.16. The van der Waals surface area contributed by atoms with Crippen LogP contribution >= 0.6 is 23.8 Å². The lowest BCUT2D eigenvalue weighted by atomic mass is 9.83. The molecule has 0 radical (unpaired) electrons. The van der Waals surface area contributed by atoms with Crippen LogP contribution in [0.15, 0.2) is 41.2 Å². The molecule has 0 spiro atoms. The smallest absolute Gasteiger partial charge is 0.250 e. The Kier molecular flexibility index (Phi) is 4.25. The van der Waals surface area contributed by atoms with Gasteiger partial charge in [0, 0.05) is 43.0 Å². The Bertz CT molecular complexity index is 900. The Hall–Kier alpha value is -1.92. The molecule has 1 saturated heterocycles. The molecule has 4 rings (SSSR count). The maximum Gasteiger partial charge on any atom is 0.250 e. The molecule has 7 heteroatoms. The quantitative estimate of drug-likeness (QED) is 0.772. The summed E-state index contributed by atoms with van der Waals surface area (Å²) in [5, 5.41) is 3.81. The number of aromatic nitrogens is 1. The van der Waals surface area contributed by atoms with Crippen molar-refractivity contribution in [1.82, 2.24) is 9.47 Å². The van der Waals surface area contributed by atoms with Gasteiger partial charge in [-0.3, -0.25) is 4.79 Å². The first kappa shape index (κ1) is 16.5. The lowest BCUT2D eigenvalue weighted by Gasteiger charge is -2.43. The van der Waals surface area contributed by atoms with Gasteiger partial charge in [-0.25, -0.2) is 4.39 Å². The zero-order valence-corrected chi connectivity index (χ0v) is 15.0. The first-order valence-corrected chi connectivity index (χ1v) is 9.00. The summed E-state index contributed by atoms with van der Waals surface area (Å²) in [7, 11) is 0. The Morgan fingerprint density at radius 2 is 2.08 bits per heavy atom. The molecular weight excluding hydrogens is 361 g/mol. The van der Waals surface area contributed by atoms with Crippen LogP contribution in [0.5, 0.6) is 0 Å². The van der Waals surface area contributed by atoms with Gasteiger partial charge in [0.25, 0.3) is 5.56 Å². The summed E-state index contributed by atoms with van der Waals surface area (Å²) < 4.78 is 15.2. The van der Waals surface area contributed by atoms with Crippen molar-refractivity contribution in [3.8, 4) is 0 Å². The van der Waals surface area contributed by atoms with Crippen LogP contribution in [-0.4, -0.2) is 27.7 Å². The van der Waals surface area contributed by atoms with Crippen molar-refractivity contribution >= 4 is 34.6 Å². The van der Waals surface area contributed by atoms with Gasteiger partial charge in [-0.15, -0.1) is 0 Å². The number of hydrogen-bond donors (Lipinski definition) is 1. The second kappa shape index (κ2) is 6.42. The van der Waals surface area contributed by atoms with Crippen molar-refractivity contribution in [2.24, 2.45) is 5.92 Å². The summed E-state index contributed by atoms with van der Waals surface area (Å²) in [4.78, 5) is 14.2. The van der Waals surface area contributed by atoms with E-state index in [0.29, 0.717) is 16.7 Å². The molecule has 0 aliphatic carbocycles. The number of nitrogens with zero attached hydrogens (tertiary/aromatic N) is 2. The number of nitrogens with one attached hydrogen (secondary N) is 1. The van der Waals surface area contributed by atoms with E-state index in [4.69, 9.17) is 23.8 Å². The number of thiocarbonyl (C=S) groups is 1. The predicted octanol–water partition coefficient (Wildman–Crippen LogP) is 3.46. The maximum absolute atomic E-state index is 13.3. The van der Waals surface area contributed by atoms with Crippen molar-refractivity contribution in [3.05, 3.63) is 63.3 Å². The van der Waals surface area contributed by atoms with Crippen LogP contribution in [0.4, 0.5) is 10.1 Å². The lowest BCUT2D eigenvalue weighted by Crippen LogP contribution is -2.50. The molecule has 1 N–H and O–H groups in total. The molecule has 0 amide bonds. The Balaban J connectivity index is 1.52. The number of hydrogen-bond acceptors (Lipinski definition) is 2. The minimum Gasteiger partial charge on any atom is -0.348 e. The molecular formula is C18H17ClFN3OS. The number of piperidine rings is 1. The standard InChI is InChI=1S/C18H17ClFN3OS/c19-14-7-13(4-5-15(14)20)21-18(25)22-8-11-6-12(10-22)16-2-1-3-17(24)23(16)9-11/h1-5,7,11-12H,6,8-10H2,(H,21,25)/t11-,12+/m1/s1. The van der Waals surface area contributed by atoms with E-state index in [2.05, 4.69) is 10.2 Å². The highest BCUT2D eigenvalue weighted by Gasteiger charge is 2.35. The third-order valence-corrected chi connectivity index (χ3v) is 5.59. The van der Waals surface area contributed by atoms with E-state index in [1.165, 1.54) is 12.1 Å². The van der Waals surface area contributed by atoms with Crippen molar-refractivity contribution in [2.75, 3.05) is 18.4 Å². The maximum atomic E-state index is 13.3. The van der Waals surface area contributed by atoms with Crippen molar-refractivity contribution in [2.45, 2.75) is 18.9 Å². The monoisotopic (exact) mass is 377 g/mol. The minimum absolute atomic E-state index is 0.0663. The number of anilines is 1. The fourth-order valence-electron chi connectivity index (χ4n) is 3.84. The van der Waals surface area contributed by atoms with Crippen LogP contribution in [-0.2, 0) is 6.54 Å². The van der Waals surface area contributed by atoms with E-state index in [0.717, 1.165) is 31.7 Å². The van der Waals surface area contributed by atoms with E-state index in [-0.39, 0.29) is 16.5 Å². The molecule has 0 unspecified atom stereocenters. The summed E-state index contributed by atoms with van der Waals surface area (Å²) in [5.74, 6) is 0.230. The van der Waals surface area contributed by atoms with Gasteiger partial charge in [0.05, 0.1) is 5.02 Å². The van der Waals surface area contributed by atoms with Gasteiger partial charge in [0.15, 0.2) is 5.11 Å². The number of pyridine rings is 1. The van der Waals surface area contributed by atoms with Gasteiger partial charge in [0.1, 0.15) is 5.82 Å². The number of rotatable bonds is 1. The largest absolute Gasteiger partial charge is 0.348 e. The number of likely N-dealkylation sites (tertiary alicyclic amines) is 1. The molecule has 2 aromatic rings. The normalized spacial score (nSPS) is 21.6. The van der Waals surface area contributed by atoms with Gasteiger partial charge >= 0.3 is 0 Å².